The van der Waals surface area contributed by atoms with Gasteiger partial charge < -0.3 is 9.66 Å². The van der Waals surface area contributed by atoms with Crippen molar-refractivity contribution in [1.29, 1.82) is 0 Å². The molecular weight excluding hydrogens is 297 g/mol. The predicted molar refractivity (Wildman–Crippen MR) is 28.5 cm³/mol. The van der Waals surface area contributed by atoms with Crippen LogP contribution in [0.15, 0.2) is 0 Å². The molecular formula is C3H6AgF3O4S. The minimum Gasteiger partial charge on any atom is -0.741 e. The van der Waals surface area contributed by atoms with Gasteiger partial charge in [-0.15, -0.1) is 0 Å². The fourth-order valence-corrected chi connectivity index (χ4v) is 0. The van der Waals surface area contributed by atoms with Crippen LogP contribution < -0.4 is 0 Å². The zero-order valence-electron chi connectivity index (χ0n) is 5.72. The van der Waals surface area contributed by atoms with Gasteiger partial charge >= 0.3 is 27.9 Å². The normalized spacial score (nSPS) is 10.8. The van der Waals surface area contributed by atoms with E-state index in [2.05, 4.69) is 0 Å². The summed E-state index contributed by atoms with van der Waals surface area (Å²) in [7, 11) is -6.09. The SMILES string of the molecule is CCO.O=S(=O)([O-])C(F)(F)F.[Ag+]. The standard InChI is InChI=1S/C2H6O.CHF3O3S.Ag/c1-2-3;2-1(3,4)8(5,6)7;/h3H,2H2,1H3;(H,5,6,7);/q;;+1/p-1. The van der Waals surface area contributed by atoms with E-state index in [-0.39, 0.29) is 29.0 Å². The summed E-state index contributed by atoms with van der Waals surface area (Å²) >= 11 is 0. The Bertz CT molecular complexity index is 186. The third-order valence-corrected chi connectivity index (χ3v) is 0.850. The molecule has 0 saturated carbocycles. The minimum absolute atomic E-state index is 0. The molecule has 0 aromatic heterocycles. The first-order chi connectivity index (χ1) is 4.66. The fourth-order valence-electron chi connectivity index (χ4n) is 0. The van der Waals surface area contributed by atoms with Crippen LogP contribution in [0.5, 0.6) is 0 Å². The summed E-state index contributed by atoms with van der Waals surface area (Å²) in [5, 5.41) is 7.57. The second-order valence-electron chi connectivity index (χ2n) is 1.22. The Morgan fingerprint density at radius 1 is 1.42 bits per heavy atom. The number of hydrogen-bond acceptors (Lipinski definition) is 4. The second kappa shape index (κ2) is 6.87. The largest absolute Gasteiger partial charge is 1.00 e. The van der Waals surface area contributed by atoms with Gasteiger partial charge in [0.15, 0.2) is 10.1 Å². The van der Waals surface area contributed by atoms with Gasteiger partial charge in [0.05, 0.1) is 0 Å². The predicted octanol–water partition coefficient (Wildman–Crippen LogP) is 0.0475. The molecule has 0 heterocycles. The monoisotopic (exact) mass is 302 g/mol. The molecule has 4 nitrogen and oxygen atoms in total. The first-order valence-electron chi connectivity index (χ1n) is 2.29. The Labute approximate surface area is 83.0 Å². The van der Waals surface area contributed by atoms with Gasteiger partial charge in [0, 0.05) is 6.61 Å². The van der Waals surface area contributed by atoms with Crippen LogP contribution in [-0.4, -0.2) is 30.2 Å². The molecule has 1 N–H and O–H groups in total. The van der Waals surface area contributed by atoms with Crippen molar-refractivity contribution in [3.63, 3.8) is 0 Å². The number of halogens is 3. The van der Waals surface area contributed by atoms with E-state index in [1.165, 1.54) is 0 Å². The number of rotatable bonds is 0. The van der Waals surface area contributed by atoms with Crippen LogP contribution in [0, 0.1) is 0 Å². The summed E-state index contributed by atoms with van der Waals surface area (Å²) in [5.41, 5.74) is -5.65. The zero-order valence-corrected chi connectivity index (χ0v) is 8.02. The molecule has 0 fully saturated rings. The van der Waals surface area contributed by atoms with Gasteiger partial charge in [-0.2, -0.15) is 13.2 Å². The molecule has 0 aliphatic carbocycles. The van der Waals surface area contributed by atoms with Crippen molar-refractivity contribution in [2.45, 2.75) is 12.4 Å². The molecule has 0 rings (SSSR count). The van der Waals surface area contributed by atoms with Crippen molar-refractivity contribution in [2.75, 3.05) is 6.61 Å². The summed E-state index contributed by atoms with van der Waals surface area (Å²) in [4.78, 5) is 0. The van der Waals surface area contributed by atoms with Crippen LogP contribution in [0.3, 0.4) is 0 Å². The van der Waals surface area contributed by atoms with Gasteiger partial charge in [-0.25, -0.2) is 8.42 Å². The molecule has 0 aromatic rings. The minimum atomic E-state index is -6.09. The molecule has 0 spiro atoms. The van der Waals surface area contributed by atoms with Crippen LogP contribution in [0.25, 0.3) is 0 Å². The molecule has 80 valence electrons. The van der Waals surface area contributed by atoms with Gasteiger partial charge in [-0.05, 0) is 6.92 Å². The van der Waals surface area contributed by atoms with Crippen molar-refractivity contribution >= 4 is 10.1 Å². The van der Waals surface area contributed by atoms with Gasteiger partial charge in [0.25, 0.3) is 0 Å². The first-order valence-corrected chi connectivity index (χ1v) is 3.70. The maximum absolute atomic E-state index is 10.7. The molecule has 12 heavy (non-hydrogen) atoms. The van der Waals surface area contributed by atoms with Crippen molar-refractivity contribution in [3.8, 4) is 0 Å². The van der Waals surface area contributed by atoms with Crippen molar-refractivity contribution in [3.05, 3.63) is 0 Å². The van der Waals surface area contributed by atoms with Gasteiger partial charge in [-0.1, -0.05) is 0 Å². The van der Waals surface area contributed by atoms with Crippen molar-refractivity contribution in [1.82, 2.24) is 0 Å². The Kier molecular flexibility index (Phi) is 10.4. The fraction of sp³-hybridized carbons (Fsp3) is 1.00. The molecule has 0 atom stereocenters. The van der Waals surface area contributed by atoms with Gasteiger partial charge in [0.1, 0.15) is 0 Å². The molecule has 0 radical (unpaired) electrons. The molecule has 0 aliphatic rings. The van der Waals surface area contributed by atoms with Crippen LogP contribution >= 0.6 is 0 Å². The van der Waals surface area contributed by atoms with E-state index in [1.54, 1.807) is 6.92 Å². The third-order valence-electron chi connectivity index (χ3n) is 0.283. The summed E-state index contributed by atoms with van der Waals surface area (Å²) in [5.74, 6) is 0. The number of aliphatic hydroxyl groups is 1. The van der Waals surface area contributed by atoms with Crippen LogP contribution in [0.4, 0.5) is 13.2 Å². The molecule has 0 unspecified atom stereocenters. The van der Waals surface area contributed by atoms with Crippen molar-refractivity contribution < 1.29 is 53.6 Å². The average molecular weight is 303 g/mol. The molecule has 0 aromatic carbocycles. The zero-order chi connectivity index (χ0) is 9.71. The van der Waals surface area contributed by atoms with Crippen LogP contribution in [0.1, 0.15) is 6.92 Å². The van der Waals surface area contributed by atoms with E-state index in [0.717, 1.165) is 0 Å². The topological polar surface area (TPSA) is 77.4 Å². The van der Waals surface area contributed by atoms with E-state index in [4.69, 9.17) is 18.1 Å². The van der Waals surface area contributed by atoms with E-state index < -0.39 is 15.6 Å². The quantitative estimate of drug-likeness (QED) is 0.390. The summed E-state index contributed by atoms with van der Waals surface area (Å²) < 4.78 is 58.9. The van der Waals surface area contributed by atoms with E-state index in [9.17, 15) is 13.2 Å². The van der Waals surface area contributed by atoms with Crippen LogP contribution in [0.2, 0.25) is 0 Å². The maximum atomic E-state index is 10.7. The van der Waals surface area contributed by atoms with Gasteiger partial charge in [-0.3, -0.25) is 0 Å². The molecule has 0 aliphatic heterocycles. The summed E-state index contributed by atoms with van der Waals surface area (Å²) in [6.07, 6.45) is 0. The Morgan fingerprint density at radius 2 is 1.50 bits per heavy atom. The molecule has 0 bridgehead atoms. The molecule has 9 heteroatoms. The van der Waals surface area contributed by atoms with E-state index in [0.29, 0.717) is 0 Å². The van der Waals surface area contributed by atoms with Crippen molar-refractivity contribution in [2.24, 2.45) is 0 Å². The summed E-state index contributed by atoms with van der Waals surface area (Å²) in [6.45, 7) is 1.93. The van der Waals surface area contributed by atoms with E-state index >= 15 is 0 Å². The average Bonchev–Trinajstić information content (AvgIpc) is 1.60. The Morgan fingerprint density at radius 3 is 1.50 bits per heavy atom. The maximum Gasteiger partial charge on any atom is 1.00 e. The van der Waals surface area contributed by atoms with E-state index in [1.807, 2.05) is 0 Å². The number of aliphatic hydroxyl groups excluding tert-OH is 1. The Hall–Kier alpha value is 0.400. The van der Waals surface area contributed by atoms with Crippen LogP contribution in [-0.2, 0) is 32.5 Å². The summed E-state index contributed by atoms with van der Waals surface area (Å²) in [6, 6.07) is 0. The number of hydrogen-bond donors (Lipinski definition) is 1. The number of alkyl halides is 3. The molecule has 0 amide bonds. The second-order valence-corrected chi connectivity index (χ2v) is 2.59. The van der Waals surface area contributed by atoms with Gasteiger partial charge in [0.2, 0.25) is 0 Å². The smallest absolute Gasteiger partial charge is 0.741 e. The molecule has 0 saturated heterocycles. The Balaban J connectivity index is -0.000000177. The third kappa shape index (κ3) is 10.4. The first kappa shape index (κ1) is 18.2.